The predicted molar refractivity (Wildman–Crippen MR) is 93.3 cm³/mol. The molecular formula is C20H23NO3. The summed E-state index contributed by atoms with van der Waals surface area (Å²) in [6, 6.07) is 16.2. The van der Waals surface area contributed by atoms with Crippen LogP contribution in [0.4, 0.5) is 0 Å². The number of ether oxygens (including phenoxy) is 2. The van der Waals surface area contributed by atoms with Crippen LogP contribution in [0.3, 0.4) is 0 Å². The maximum atomic E-state index is 12.8. The van der Waals surface area contributed by atoms with E-state index < -0.39 is 0 Å². The SMILES string of the molecule is COc1ccc(CC(=O)N(Cc2ccccc2)C2CC2)cc1OC. The van der Waals surface area contributed by atoms with Gasteiger partial charge in [-0.3, -0.25) is 4.79 Å². The van der Waals surface area contributed by atoms with Crippen LogP contribution < -0.4 is 9.47 Å². The van der Waals surface area contributed by atoms with E-state index in [1.54, 1.807) is 14.2 Å². The van der Waals surface area contributed by atoms with Crippen LogP contribution in [0.1, 0.15) is 24.0 Å². The lowest BCUT2D eigenvalue weighted by Crippen LogP contribution is -2.33. The fourth-order valence-electron chi connectivity index (χ4n) is 2.85. The second-order valence-electron chi connectivity index (χ2n) is 6.10. The minimum atomic E-state index is 0.161. The maximum absolute atomic E-state index is 12.8. The standard InChI is InChI=1S/C20H23NO3/c1-23-18-11-8-16(12-19(18)24-2)13-20(22)21(17-9-10-17)14-15-6-4-3-5-7-15/h3-8,11-12,17H,9-10,13-14H2,1-2H3. The van der Waals surface area contributed by atoms with Gasteiger partial charge in [-0.05, 0) is 36.1 Å². The highest BCUT2D eigenvalue weighted by molar-refractivity contribution is 5.79. The van der Waals surface area contributed by atoms with Crippen molar-refractivity contribution < 1.29 is 14.3 Å². The largest absolute Gasteiger partial charge is 0.493 e. The lowest BCUT2D eigenvalue weighted by Gasteiger charge is -2.23. The highest BCUT2D eigenvalue weighted by atomic mass is 16.5. The highest BCUT2D eigenvalue weighted by Gasteiger charge is 2.32. The minimum absolute atomic E-state index is 0.161. The first-order valence-corrected chi connectivity index (χ1v) is 8.25. The molecule has 0 unspecified atom stereocenters. The molecule has 126 valence electrons. The van der Waals surface area contributed by atoms with E-state index in [0.717, 1.165) is 18.4 Å². The fourth-order valence-corrected chi connectivity index (χ4v) is 2.85. The number of benzene rings is 2. The Labute approximate surface area is 143 Å². The summed E-state index contributed by atoms with van der Waals surface area (Å²) in [5.74, 6) is 1.49. The van der Waals surface area contributed by atoms with Crippen molar-refractivity contribution in [1.29, 1.82) is 0 Å². The molecule has 0 aromatic heterocycles. The molecule has 3 rings (SSSR count). The number of hydrogen-bond donors (Lipinski definition) is 0. The highest BCUT2D eigenvalue weighted by Crippen LogP contribution is 2.31. The Kier molecular flexibility index (Phi) is 5.04. The van der Waals surface area contributed by atoms with Crippen LogP contribution in [0.15, 0.2) is 48.5 Å². The van der Waals surface area contributed by atoms with Gasteiger partial charge in [0.1, 0.15) is 0 Å². The monoisotopic (exact) mass is 325 g/mol. The molecule has 24 heavy (non-hydrogen) atoms. The number of carbonyl (C=O) groups is 1. The van der Waals surface area contributed by atoms with Gasteiger partial charge in [0, 0.05) is 12.6 Å². The van der Waals surface area contributed by atoms with Gasteiger partial charge in [0.15, 0.2) is 11.5 Å². The number of carbonyl (C=O) groups excluding carboxylic acids is 1. The molecule has 4 heteroatoms. The Morgan fingerprint density at radius 3 is 2.33 bits per heavy atom. The molecule has 1 amide bonds. The van der Waals surface area contributed by atoms with Crippen molar-refractivity contribution in [3.63, 3.8) is 0 Å². The van der Waals surface area contributed by atoms with Crippen LogP contribution in [0.5, 0.6) is 11.5 Å². The van der Waals surface area contributed by atoms with E-state index in [1.165, 1.54) is 5.56 Å². The molecule has 0 saturated heterocycles. The van der Waals surface area contributed by atoms with Gasteiger partial charge in [0.05, 0.1) is 20.6 Å². The topological polar surface area (TPSA) is 38.8 Å². The van der Waals surface area contributed by atoms with E-state index >= 15 is 0 Å². The fraction of sp³-hybridized carbons (Fsp3) is 0.350. The van der Waals surface area contributed by atoms with Gasteiger partial charge < -0.3 is 14.4 Å². The van der Waals surface area contributed by atoms with E-state index in [1.807, 2.05) is 41.3 Å². The first kappa shape index (κ1) is 16.4. The van der Waals surface area contributed by atoms with Crippen molar-refractivity contribution in [2.45, 2.75) is 31.8 Å². The number of methoxy groups -OCH3 is 2. The second-order valence-corrected chi connectivity index (χ2v) is 6.10. The summed E-state index contributed by atoms with van der Waals surface area (Å²) < 4.78 is 10.6. The van der Waals surface area contributed by atoms with Gasteiger partial charge in [0.2, 0.25) is 5.91 Å². The van der Waals surface area contributed by atoms with Crippen LogP contribution in [0, 0.1) is 0 Å². The summed E-state index contributed by atoms with van der Waals surface area (Å²) in [6.45, 7) is 0.678. The third kappa shape index (κ3) is 3.88. The zero-order valence-electron chi connectivity index (χ0n) is 14.2. The Morgan fingerprint density at radius 2 is 1.71 bits per heavy atom. The van der Waals surface area contributed by atoms with Gasteiger partial charge in [0.25, 0.3) is 0 Å². The molecule has 0 bridgehead atoms. The minimum Gasteiger partial charge on any atom is -0.493 e. The molecule has 0 heterocycles. The number of rotatable bonds is 7. The quantitative estimate of drug-likeness (QED) is 0.783. The second kappa shape index (κ2) is 7.39. The summed E-state index contributed by atoms with van der Waals surface area (Å²) in [5, 5.41) is 0. The third-order valence-electron chi connectivity index (χ3n) is 4.31. The number of nitrogens with zero attached hydrogens (tertiary/aromatic N) is 1. The summed E-state index contributed by atoms with van der Waals surface area (Å²) in [6.07, 6.45) is 2.58. The van der Waals surface area contributed by atoms with Gasteiger partial charge in [-0.1, -0.05) is 36.4 Å². The Hall–Kier alpha value is -2.49. The van der Waals surface area contributed by atoms with E-state index in [9.17, 15) is 4.79 Å². The summed E-state index contributed by atoms with van der Waals surface area (Å²) in [7, 11) is 3.22. The molecule has 0 aliphatic heterocycles. The van der Waals surface area contributed by atoms with Crippen LogP contribution in [-0.2, 0) is 17.8 Å². The van der Waals surface area contributed by atoms with Crippen LogP contribution in [-0.4, -0.2) is 31.1 Å². The molecule has 0 radical (unpaired) electrons. The van der Waals surface area contributed by atoms with Crippen LogP contribution in [0.2, 0.25) is 0 Å². The van der Waals surface area contributed by atoms with E-state index in [-0.39, 0.29) is 5.91 Å². The van der Waals surface area contributed by atoms with Crippen LogP contribution >= 0.6 is 0 Å². The predicted octanol–water partition coefficient (Wildman–Crippen LogP) is 3.44. The summed E-state index contributed by atoms with van der Waals surface area (Å²) >= 11 is 0. The maximum Gasteiger partial charge on any atom is 0.227 e. The molecule has 2 aromatic carbocycles. The van der Waals surface area contributed by atoms with Crippen LogP contribution in [0.25, 0.3) is 0 Å². The third-order valence-corrected chi connectivity index (χ3v) is 4.31. The van der Waals surface area contributed by atoms with Gasteiger partial charge in [-0.15, -0.1) is 0 Å². The van der Waals surface area contributed by atoms with Gasteiger partial charge >= 0.3 is 0 Å². The molecule has 0 atom stereocenters. The molecule has 1 saturated carbocycles. The molecule has 0 spiro atoms. The van der Waals surface area contributed by atoms with Gasteiger partial charge in [-0.25, -0.2) is 0 Å². The molecule has 1 aliphatic rings. The zero-order chi connectivity index (χ0) is 16.9. The summed E-state index contributed by atoms with van der Waals surface area (Å²) in [4.78, 5) is 14.8. The average molecular weight is 325 g/mol. The Balaban J connectivity index is 1.72. The Morgan fingerprint density at radius 1 is 1.00 bits per heavy atom. The van der Waals surface area contributed by atoms with Crippen molar-refractivity contribution in [1.82, 2.24) is 4.90 Å². The lowest BCUT2D eigenvalue weighted by atomic mass is 10.1. The molecule has 0 N–H and O–H groups in total. The van der Waals surface area contributed by atoms with Crippen molar-refractivity contribution in [2.24, 2.45) is 0 Å². The summed E-state index contributed by atoms with van der Waals surface area (Å²) in [5.41, 5.74) is 2.11. The van der Waals surface area contributed by atoms with Crippen molar-refractivity contribution in [3.05, 3.63) is 59.7 Å². The molecular weight excluding hydrogens is 302 g/mol. The Bertz CT molecular complexity index is 695. The van der Waals surface area contributed by atoms with Gasteiger partial charge in [-0.2, -0.15) is 0 Å². The smallest absolute Gasteiger partial charge is 0.227 e. The van der Waals surface area contributed by atoms with Crippen molar-refractivity contribution in [2.75, 3.05) is 14.2 Å². The average Bonchev–Trinajstić information content (AvgIpc) is 3.45. The molecule has 4 nitrogen and oxygen atoms in total. The number of hydrogen-bond acceptors (Lipinski definition) is 3. The van der Waals surface area contributed by atoms with E-state index in [2.05, 4.69) is 12.1 Å². The normalized spacial score (nSPS) is 13.4. The molecule has 1 aliphatic carbocycles. The van der Waals surface area contributed by atoms with Crippen molar-refractivity contribution >= 4 is 5.91 Å². The van der Waals surface area contributed by atoms with E-state index in [0.29, 0.717) is 30.5 Å². The lowest BCUT2D eigenvalue weighted by molar-refractivity contribution is -0.131. The zero-order valence-corrected chi connectivity index (χ0v) is 14.2. The first-order valence-electron chi connectivity index (χ1n) is 8.25. The van der Waals surface area contributed by atoms with Crippen molar-refractivity contribution in [3.8, 4) is 11.5 Å². The molecule has 2 aromatic rings. The first-order chi connectivity index (χ1) is 11.7. The number of amides is 1. The molecule has 1 fully saturated rings. The van der Waals surface area contributed by atoms with E-state index in [4.69, 9.17) is 9.47 Å².